The number of aromatic nitrogens is 1. The Hall–Kier alpha value is -2.31. The predicted molar refractivity (Wildman–Crippen MR) is 57.6 cm³/mol. The Labute approximate surface area is 104 Å². The molecule has 0 bridgehead atoms. The predicted octanol–water partition coefficient (Wildman–Crippen LogP) is 2.95. The highest BCUT2D eigenvalue weighted by Crippen LogP contribution is 2.30. The number of hydrogen-bond donors (Lipinski definition) is 1. The van der Waals surface area contributed by atoms with Gasteiger partial charge in [-0.25, -0.2) is 22.4 Å². The molecule has 0 saturated heterocycles. The molecule has 100 valence electrons. The molecule has 2 rings (SSSR count). The van der Waals surface area contributed by atoms with Gasteiger partial charge in [0.15, 0.2) is 23.3 Å². The molecule has 3 nitrogen and oxygen atoms in total. The standard InChI is InChI=1S/C12H7F4NO2/c1-17-7(2-3-8(17)12(18)19)9-10(15)5(13)4-6(14)11(9)16/h2-4H,1H3,(H,18,19). The Morgan fingerprint density at radius 3 is 2.05 bits per heavy atom. The minimum absolute atomic E-state index is 0.0925. The quantitative estimate of drug-likeness (QED) is 0.675. The van der Waals surface area contributed by atoms with Crippen molar-refractivity contribution in [2.24, 2.45) is 7.05 Å². The van der Waals surface area contributed by atoms with Crippen LogP contribution in [0.1, 0.15) is 10.5 Å². The van der Waals surface area contributed by atoms with Crippen molar-refractivity contribution in [2.45, 2.75) is 0 Å². The zero-order valence-corrected chi connectivity index (χ0v) is 9.55. The van der Waals surface area contributed by atoms with Crippen molar-refractivity contribution < 1.29 is 27.5 Å². The lowest BCUT2D eigenvalue weighted by atomic mass is 10.1. The maximum Gasteiger partial charge on any atom is 0.352 e. The van der Waals surface area contributed by atoms with Gasteiger partial charge in [-0.3, -0.25) is 0 Å². The molecule has 0 spiro atoms. The van der Waals surface area contributed by atoms with E-state index in [1.165, 1.54) is 7.05 Å². The first-order valence-corrected chi connectivity index (χ1v) is 5.07. The summed E-state index contributed by atoms with van der Waals surface area (Å²) in [5.74, 6) is -7.57. The van der Waals surface area contributed by atoms with E-state index in [0.29, 0.717) is 0 Å². The molecule has 0 amide bonds. The average Bonchev–Trinajstić information content (AvgIpc) is 2.70. The zero-order valence-electron chi connectivity index (χ0n) is 9.55. The van der Waals surface area contributed by atoms with E-state index in [1.807, 2.05) is 0 Å². The molecule has 0 aliphatic rings. The third-order valence-electron chi connectivity index (χ3n) is 2.71. The van der Waals surface area contributed by atoms with E-state index in [4.69, 9.17) is 5.11 Å². The molecular formula is C12H7F4NO2. The van der Waals surface area contributed by atoms with Crippen LogP contribution in [0.4, 0.5) is 17.6 Å². The van der Waals surface area contributed by atoms with Gasteiger partial charge in [-0.05, 0) is 12.1 Å². The van der Waals surface area contributed by atoms with E-state index in [2.05, 4.69) is 0 Å². The fraction of sp³-hybridized carbons (Fsp3) is 0.0833. The summed E-state index contributed by atoms with van der Waals surface area (Å²) in [7, 11) is 1.22. The van der Waals surface area contributed by atoms with Gasteiger partial charge in [-0.1, -0.05) is 0 Å². The van der Waals surface area contributed by atoms with Crippen LogP contribution in [0, 0.1) is 23.3 Å². The minimum atomic E-state index is -1.57. The Bertz CT molecular complexity index is 653. The molecule has 0 aliphatic carbocycles. The van der Waals surface area contributed by atoms with E-state index in [9.17, 15) is 22.4 Å². The fourth-order valence-corrected chi connectivity index (χ4v) is 1.78. The normalized spacial score (nSPS) is 10.8. The summed E-state index contributed by atoms with van der Waals surface area (Å²) in [6.07, 6.45) is 0. The third kappa shape index (κ3) is 1.96. The first-order chi connectivity index (χ1) is 8.84. The summed E-state index contributed by atoms with van der Waals surface area (Å²) in [6.45, 7) is 0. The number of carbonyl (C=O) groups is 1. The van der Waals surface area contributed by atoms with Gasteiger partial charge in [-0.15, -0.1) is 0 Å². The fourth-order valence-electron chi connectivity index (χ4n) is 1.78. The highest BCUT2D eigenvalue weighted by Gasteiger charge is 2.23. The van der Waals surface area contributed by atoms with Crippen LogP contribution in [0.15, 0.2) is 18.2 Å². The molecule has 1 N–H and O–H groups in total. The van der Waals surface area contributed by atoms with E-state index in [0.717, 1.165) is 16.7 Å². The second kappa shape index (κ2) is 4.42. The van der Waals surface area contributed by atoms with Gasteiger partial charge < -0.3 is 9.67 Å². The van der Waals surface area contributed by atoms with E-state index < -0.39 is 34.8 Å². The Kier molecular flexibility index (Phi) is 3.05. The van der Waals surface area contributed by atoms with E-state index in [-0.39, 0.29) is 17.5 Å². The molecule has 0 radical (unpaired) electrons. The molecule has 0 unspecified atom stereocenters. The van der Waals surface area contributed by atoms with Gasteiger partial charge in [-0.2, -0.15) is 0 Å². The molecule has 19 heavy (non-hydrogen) atoms. The summed E-state index contributed by atoms with van der Waals surface area (Å²) >= 11 is 0. The van der Waals surface area contributed by atoms with Crippen molar-refractivity contribution >= 4 is 5.97 Å². The molecule has 0 aliphatic heterocycles. The van der Waals surface area contributed by atoms with Crippen LogP contribution in [0.25, 0.3) is 11.3 Å². The topological polar surface area (TPSA) is 42.2 Å². The third-order valence-corrected chi connectivity index (χ3v) is 2.71. The highest BCUT2D eigenvalue weighted by atomic mass is 19.2. The van der Waals surface area contributed by atoms with Crippen LogP contribution >= 0.6 is 0 Å². The lowest BCUT2D eigenvalue weighted by molar-refractivity contribution is 0.0686. The van der Waals surface area contributed by atoms with Crippen LogP contribution in [0.3, 0.4) is 0 Å². The summed E-state index contributed by atoms with van der Waals surface area (Å²) in [5, 5.41) is 8.82. The number of carboxylic acids is 1. The summed E-state index contributed by atoms with van der Waals surface area (Å²) in [5.41, 5.74) is -1.48. The van der Waals surface area contributed by atoms with Crippen LogP contribution in [0.5, 0.6) is 0 Å². The second-order valence-electron chi connectivity index (χ2n) is 3.81. The Morgan fingerprint density at radius 2 is 1.63 bits per heavy atom. The number of hydrogen-bond acceptors (Lipinski definition) is 1. The van der Waals surface area contributed by atoms with Gasteiger partial charge in [0.2, 0.25) is 0 Å². The minimum Gasteiger partial charge on any atom is -0.477 e. The van der Waals surface area contributed by atoms with Crippen molar-refractivity contribution in [1.29, 1.82) is 0 Å². The summed E-state index contributed by atoms with van der Waals surface area (Å²) in [6, 6.07) is 2.25. The van der Waals surface area contributed by atoms with Gasteiger partial charge in [0.25, 0.3) is 0 Å². The summed E-state index contributed by atoms with van der Waals surface area (Å²) < 4.78 is 54.3. The smallest absolute Gasteiger partial charge is 0.352 e. The number of carboxylic acid groups (broad SMARTS) is 1. The zero-order chi connectivity index (χ0) is 14.3. The van der Waals surface area contributed by atoms with E-state index in [1.54, 1.807) is 0 Å². The Morgan fingerprint density at radius 1 is 1.11 bits per heavy atom. The largest absolute Gasteiger partial charge is 0.477 e. The van der Waals surface area contributed by atoms with Crippen LogP contribution < -0.4 is 0 Å². The molecule has 1 aromatic carbocycles. The molecule has 0 atom stereocenters. The monoisotopic (exact) mass is 273 g/mol. The molecule has 1 heterocycles. The molecule has 2 aromatic rings. The number of aromatic carboxylic acids is 1. The van der Waals surface area contributed by atoms with Crippen LogP contribution in [-0.2, 0) is 7.05 Å². The molecule has 1 aromatic heterocycles. The van der Waals surface area contributed by atoms with Gasteiger partial charge in [0, 0.05) is 13.1 Å². The average molecular weight is 273 g/mol. The van der Waals surface area contributed by atoms with Crippen molar-refractivity contribution in [3.63, 3.8) is 0 Å². The van der Waals surface area contributed by atoms with Crippen molar-refractivity contribution in [3.8, 4) is 11.3 Å². The van der Waals surface area contributed by atoms with Crippen molar-refractivity contribution in [3.05, 3.63) is 47.2 Å². The van der Waals surface area contributed by atoms with Crippen LogP contribution in [-0.4, -0.2) is 15.6 Å². The molecule has 0 saturated carbocycles. The van der Waals surface area contributed by atoms with Crippen molar-refractivity contribution in [2.75, 3.05) is 0 Å². The second-order valence-corrected chi connectivity index (χ2v) is 3.81. The van der Waals surface area contributed by atoms with Crippen molar-refractivity contribution in [1.82, 2.24) is 4.57 Å². The summed E-state index contributed by atoms with van der Waals surface area (Å²) in [4.78, 5) is 10.8. The number of halogens is 4. The Balaban J connectivity index is 2.76. The number of benzene rings is 1. The highest BCUT2D eigenvalue weighted by molar-refractivity contribution is 5.87. The van der Waals surface area contributed by atoms with Gasteiger partial charge in [0.1, 0.15) is 5.69 Å². The van der Waals surface area contributed by atoms with Gasteiger partial charge >= 0.3 is 5.97 Å². The lowest BCUT2D eigenvalue weighted by Gasteiger charge is -2.09. The van der Waals surface area contributed by atoms with Crippen LogP contribution in [0.2, 0.25) is 0 Å². The number of rotatable bonds is 2. The SMILES string of the molecule is Cn1c(C(=O)O)ccc1-c1c(F)c(F)cc(F)c1F. The first-order valence-electron chi connectivity index (χ1n) is 5.07. The number of nitrogens with zero attached hydrogens (tertiary/aromatic N) is 1. The van der Waals surface area contributed by atoms with E-state index >= 15 is 0 Å². The maximum atomic E-state index is 13.6. The van der Waals surface area contributed by atoms with Gasteiger partial charge in [0.05, 0.1) is 11.3 Å². The molecule has 7 heteroatoms. The molecular weight excluding hydrogens is 266 g/mol. The maximum absolute atomic E-state index is 13.6. The lowest BCUT2D eigenvalue weighted by Crippen LogP contribution is -2.07. The molecule has 0 fully saturated rings. The first kappa shape index (κ1) is 13.1.